The van der Waals surface area contributed by atoms with Crippen LogP contribution in [0.15, 0.2) is 82.6 Å². The van der Waals surface area contributed by atoms with E-state index in [4.69, 9.17) is 9.15 Å². The number of Topliss-reactive ketones (excluding diaryl/α,β-unsaturated/α-hetero) is 1. The second kappa shape index (κ2) is 9.45. The molecule has 1 amide bonds. The van der Waals surface area contributed by atoms with Crippen molar-refractivity contribution in [2.75, 3.05) is 17.3 Å². The van der Waals surface area contributed by atoms with Crippen LogP contribution in [-0.2, 0) is 9.59 Å². The molecule has 180 valence electrons. The summed E-state index contributed by atoms with van der Waals surface area (Å²) < 4.78 is 11.0. The highest BCUT2D eigenvalue weighted by Crippen LogP contribution is 2.47. The largest absolute Gasteiger partial charge is 0.497 e. The topological polar surface area (TPSA) is 71.8 Å². The number of amides is 1. The molecule has 2 aliphatic rings. The van der Waals surface area contributed by atoms with E-state index in [1.54, 1.807) is 13.4 Å². The highest BCUT2D eigenvalue weighted by molar-refractivity contribution is 6.06. The summed E-state index contributed by atoms with van der Waals surface area (Å²) in [6.45, 7) is 4.07. The molecule has 6 heteroatoms. The summed E-state index contributed by atoms with van der Waals surface area (Å²) in [7, 11) is 1.62. The van der Waals surface area contributed by atoms with E-state index in [9.17, 15) is 9.59 Å². The first kappa shape index (κ1) is 23.0. The van der Waals surface area contributed by atoms with Gasteiger partial charge in [0.15, 0.2) is 5.78 Å². The SMILES string of the molecule is COc1ccc([C@H]2C3=C(C[C@@H](c4ccco4)CC3=O)Nc3ccccc3N2C(=O)CC(C)C)cc1. The maximum atomic E-state index is 13.8. The highest BCUT2D eigenvalue weighted by Gasteiger charge is 2.42. The Morgan fingerprint density at radius 2 is 1.86 bits per heavy atom. The fourth-order valence-corrected chi connectivity index (χ4v) is 5.14. The molecule has 1 aliphatic carbocycles. The summed E-state index contributed by atoms with van der Waals surface area (Å²) >= 11 is 0. The second-order valence-corrected chi connectivity index (χ2v) is 9.62. The van der Waals surface area contributed by atoms with Crippen LogP contribution in [0.1, 0.15) is 56.4 Å². The number of carbonyl (C=O) groups excluding carboxylic acids is 2. The van der Waals surface area contributed by atoms with Crippen LogP contribution in [0.4, 0.5) is 11.4 Å². The Bertz CT molecular complexity index is 1260. The second-order valence-electron chi connectivity index (χ2n) is 9.62. The van der Waals surface area contributed by atoms with Gasteiger partial charge in [0.25, 0.3) is 0 Å². The maximum absolute atomic E-state index is 13.8. The van der Waals surface area contributed by atoms with Crippen molar-refractivity contribution in [3.05, 3.63) is 89.5 Å². The molecule has 0 fully saturated rings. The van der Waals surface area contributed by atoms with Crippen molar-refractivity contribution in [3.63, 3.8) is 0 Å². The fraction of sp³-hybridized carbons (Fsp3) is 0.310. The van der Waals surface area contributed by atoms with E-state index >= 15 is 0 Å². The number of methoxy groups -OCH3 is 1. The number of carbonyl (C=O) groups is 2. The molecule has 0 saturated heterocycles. The van der Waals surface area contributed by atoms with Gasteiger partial charge < -0.3 is 14.5 Å². The number of furan rings is 1. The number of rotatable bonds is 5. The zero-order valence-electron chi connectivity index (χ0n) is 20.3. The molecule has 0 radical (unpaired) electrons. The van der Waals surface area contributed by atoms with Gasteiger partial charge in [-0.2, -0.15) is 0 Å². The molecule has 1 aromatic heterocycles. The Morgan fingerprint density at radius 1 is 1.09 bits per heavy atom. The van der Waals surface area contributed by atoms with Gasteiger partial charge in [0.05, 0.1) is 30.8 Å². The van der Waals surface area contributed by atoms with E-state index in [0.717, 1.165) is 34.1 Å². The van der Waals surface area contributed by atoms with Crippen molar-refractivity contribution in [1.29, 1.82) is 0 Å². The van der Waals surface area contributed by atoms with Crippen LogP contribution < -0.4 is 15.0 Å². The molecule has 6 nitrogen and oxygen atoms in total. The smallest absolute Gasteiger partial charge is 0.228 e. The average Bonchev–Trinajstić information content (AvgIpc) is 3.33. The zero-order valence-corrected chi connectivity index (χ0v) is 20.3. The number of ether oxygens (including phenoxy) is 1. The standard InChI is InChI=1S/C29H30N2O4/c1-18(2)15-27(33)31-24-8-5-4-7-22(24)30-23-16-20(26-9-6-14-35-26)17-25(32)28(23)29(31)19-10-12-21(34-3)13-11-19/h4-14,18,20,29-30H,15-17H2,1-3H3/t20-,29+/m1/s1. The quantitative estimate of drug-likeness (QED) is 0.478. The molecule has 0 spiro atoms. The number of para-hydroxylation sites is 2. The van der Waals surface area contributed by atoms with Gasteiger partial charge >= 0.3 is 0 Å². The van der Waals surface area contributed by atoms with Gasteiger partial charge in [0.1, 0.15) is 11.5 Å². The number of hydrogen-bond donors (Lipinski definition) is 1. The summed E-state index contributed by atoms with van der Waals surface area (Å²) in [6.07, 6.45) is 2.99. The summed E-state index contributed by atoms with van der Waals surface area (Å²) in [6, 6.07) is 18.7. The molecule has 2 heterocycles. The predicted octanol–water partition coefficient (Wildman–Crippen LogP) is 6.23. The first-order valence-electron chi connectivity index (χ1n) is 12.1. The molecule has 5 rings (SSSR count). The summed E-state index contributed by atoms with van der Waals surface area (Å²) in [5.74, 6) is 1.67. The Hall–Kier alpha value is -3.80. The van der Waals surface area contributed by atoms with Crippen molar-refractivity contribution >= 4 is 23.1 Å². The summed E-state index contributed by atoms with van der Waals surface area (Å²) in [4.78, 5) is 29.4. The van der Waals surface area contributed by atoms with Gasteiger partial charge in [0.2, 0.25) is 5.91 Å². The van der Waals surface area contributed by atoms with Gasteiger partial charge in [-0.3, -0.25) is 14.5 Å². The van der Waals surface area contributed by atoms with Gasteiger partial charge in [0, 0.05) is 30.0 Å². The van der Waals surface area contributed by atoms with E-state index in [0.29, 0.717) is 24.8 Å². The van der Waals surface area contributed by atoms with Crippen molar-refractivity contribution in [2.24, 2.45) is 5.92 Å². The van der Waals surface area contributed by atoms with Crippen molar-refractivity contribution < 1.29 is 18.7 Å². The highest BCUT2D eigenvalue weighted by atomic mass is 16.5. The van der Waals surface area contributed by atoms with Crippen molar-refractivity contribution in [2.45, 2.75) is 45.1 Å². The van der Waals surface area contributed by atoms with Crippen molar-refractivity contribution in [1.82, 2.24) is 0 Å². The number of anilines is 2. The van der Waals surface area contributed by atoms with Crippen LogP contribution >= 0.6 is 0 Å². The fourth-order valence-electron chi connectivity index (χ4n) is 5.14. The minimum atomic E-state index is -0.539. The Balaban J connectivity index is 1.70. The number of ketones is 1. The number of allylic oxidation sites excluding steroid dienone is 1. The van der Waals surface area contributed by atoms with Crippen LogP contribution in [0.5, 0.6) is 5.75 Å². The minimum absolute atomic E-state index is 0.00947. The van der Waals surface area contributed by atoms with E-state index in [1.807, 2.05) is 79.4 Å². The van der Waals surface area contributed by atoms with Crippen LogP contribution in [0, 0.1) is 5.92 Å². The Labute approximate surface area is 205 Å². The normalized spacial score (nSPS) is 19.7. The number of nitrogens with zero attached hydrogens (tertiary/aromatic N) is 1. The summed E-state index contributed by atoms with van der Waals surface area (Å²) in [5.41, 5.74) is 3.96. The van der Waals surface area contributed by atoms with Gasteiger partial charge in [-0.05, 0) is 54.3 Å². The molecule has 35 heavy (non-hydrogen) atoms. The third kappa shape index (κ3) is 4.36. The lowest BCUT2D eigenvalue weighted by atomic mass is 9.80. The van der Waals surface area contributed by atoms with Crippen LogP contribution in [0.25, 0.3) is 0 Å². The molecule has 1 N–H and O–H groups in total. The number of benzene rings is 2. The first-order chi connectivity index (χ1) is 17.0. The van der Waals surface area contributed by atoms with Gasteiger partial charge in [-0.25, -0.2) is 0 Å². The number of nitrogens with one attached hydrogen (secondary N) is 1. The predicted molar refractivity (Wildman–Crippen MR) is 135 cm³/mol. The molecule has 0 saturated carbocycles. The average molecular weight is 471 g/mol. The molecule has 2 aromatic carbocycles. The van der Waals surface area contributed by atoms with Crippen molar-refractivity contribution in [3.8, 4) is 5.75 Å². The molecular weight excluding hydrogens is 440 g/mol. The third-order valence-electron chi connectivity index (χ3n) is 6.72. The van der Waals surface area contributed by atoms with Gasteiger partial charge in [-0.1, -0.05) is 38.1 Å². The van der Waals surface area contributed by atoms with E-state index in [2.05, 4.69) is 5.32 Å². The van der Waals surface area contributed by atoms with Crippen LogP contribution in [0.3, 0.4) is 0 Å². The lowest BCUT2D eigenvalue weighted by molar-refractivity contribution is -0.119. The Kier molecular flexibility index (Phi) is 6.20. The molecule has 2 atom stereocenters. The van der Waals surface area contributed by atoms with Crippen LogP contribution in [-0.4, -0.2) is 18.8 Å². The van der Waals surface area contributed by atoms with E-state index in [1.165, 1.54) is 0 Å². The Morgan fingerprint density at radius 3 is 2.54 bits per heavy atom. The molecule has 0 bridgehead atoms. The number of fused-ring (bicyclic) bond motifs is 1. The molecular formula is C29H30N2O4. The monoisotopic (exact) mass is 470 g/mol. The molecule has 1 aliphatic heterocycles. The molecule has 3 aromatic rings. The van der Waals surface area contributed by atoms with E-state index in [-0.39, 0.29) is 23.5 Å². The first-order valence-corrected chi connectivity index (χ1v) is 12.1. The van der Waals surface area contributed by atoms with Crippen LogP contribution in [0.2, 0.25) is 0 Å². The third-order valence-corrected chi connectivity index (χ3v) is 6.72. The van der Waals surface area contributed by atoms with E-state index < -0.39 is 6.04 Å². The number of hydrogen-bond acceptors (Lipinski definition) is 5. The minimum Gasteiger partial charge on any atom is -0.497 e. The molecule has 0 unspecified atom stereocenters. The summed E-state index contributed by atoms with van der Waals surface area (Å²) in [5, 5.41) is 3.54. The maximum Gasteiger partial charge on any atom is 0.228 e. The lowest BCUT2D eigenvalue weighted by Crippen LogP contribution is -2.39. The zero-order chi connectivity index (χ0) is 24.5. The lowest BCUT2D eigenvalue weighted by Gasteiger charge is -2.35. The van der Waals surface area contributed by atoms with Gasteiger partial charge in [-0.15, -0.1) is 0 Å².